The van der Waals surface area contributed by atoms with Gasteiger partial charge in [0.15, 0.2) is 0 Å². The molecule has 4 heteroatoms. The van der Waals surface area contributed by atoms with Crippen LogP contribution >= 0.6 is 0 Å². The summed E-state index contributed by atoms with van der Waals surface area (Å²) in [5.74, 6) is 0.911. The van der Waals surface area contributed by atoms with Crippen molar-refractivity contribution in [3.8, 4) is 5.75 Å². The van der Waals surface area contributed by atoms with Gasteiger partial charge >= 0.3 is 5.63 Å². The second-order valence-electron chi connectivity index (χ2n) is 5.51. The third-order valence-electron chi connectivity index (χ3n) is 4.19. The lowest BCUT2D eigenvalue weighted by Crippen LogP contribution is -2.36. The molecule has 0 bridgehead atoms. The molecule has 0 radical (unpaired) electrons. The summed E-state index contributed by atoms with van der Waals surface area (Å²) in [6.45, 7) is 0.732. The normalized spacial score (nSPS) is 25.4. The van der Waals surface area contributed by atoms with E-state index in [4.69, 9.17) is 13.9 Å². The van der Waals surface area contributed by atoms with Gasteiger partial charge in [-0.3, -0.25) is 0 Å². The Kier molecular flexibility index (Phi) is 2.77. The molecule has 2 aromatic rings. The second-order valence-corrected chi connectivity index (χ2v) is 5.51. The van der Waals surface area contributed by atoms with Gasteiger partial charge in [0.2, 0.25) is 6.29 Å². The lowest BCUT2D eigenvalue weighted by Gasteiger charge is -2.31. The Morgan fingerprint density at radius 2 is 2.05 bits per heavy atom. The van der Waals surface area contributed by atoms with Crippen LogP contribution in [0, 0.1) is 5.92 Å². The van der Waals surface area contributed by atoms with Crippen molar-refractivity contribution in [1.29, 1.82) is 0 Å². The van der Waals surface area contributed by atoms with Crippen molar-refractivity contribution in [1.82, 2.24) is 0 Å². The molecular formula is C16H16O4. The quantitative estimate of drug-likeness (QED) is 0.692. The fourth-order valence-corrected chi connectivity index (χ4v) is 3.16. The molecule has 0 amide bonds. The Morgan fingerprint density at radius 3 is 3.00 bits per heavy atom. The van der Waals surface area contributed by atoms with E-state index in [0.717, 1.165) is 31.3 Å². The van der Waals surface area contributed by atoms with Crippen LogP contribution in [-0.4, -0.2) is 12.9 Å². The summed E-state index contributed by atoms with van der Waals surface area (Å²) in [5.41, 5.74) is 0.958. The van der Waals surface area contributed by atoms with Crippen LogP contribution in [0.3, 0.4) is 0 Å². The van der Waals surface area contributed by atoms with E-state index in [9.17, 15) is 4.79 Å². The van der Waals surface area contributed by atoms with E-state index in [1.807, 2.05) is 18.2 Å². The minimum atomic E-state index is -0.276. The molecule has 20 heavy (non-hydrogen) atoms. The summed E-state index contributed by atoms with van der Waals surface area (Å²) in [6.07, 6.45) is 3.68. The van der Waals surface area contributed by atoms with Gasteiger partial charge in [-0.2, -0.15) is 0 Å². The number of benzene rings is 1. The third-order valence-corrected chi connectivity index (χ3v) is 4.19. The molecule has 3 heterocycles. The van der Waals surface area contributed by atoms with Crippen molar-refractivity contribution in [3.05, 3.63) is 40.2 Å². The summed E-state index contributed by atoms with van der Waals surface area (Å²) in [4.78, 5) is 12.2. The van der Waals surface area contributed by atoms with Crippen molar-refractivity contribution in [2.75, 3.05) is 6.61 Å². The lowest BCUT2D eigenvalue weighted by atomic mass is 9.91. The molecule has 1 aromatic carbocycles. The monoisotopic (exact) mass is 272 g/mol. The van der Waals surface area contributed by atoms with Crippen molar-refractivity contribution < 1.29 is 13.9 Å². The molecule has 0 N–H and O–H groups in total. The highest BCUT2D eigenvalue weighted by Gasteiger charge is 2.35. The van der Waals surface area contributed by atoms with Crippen LogP contribution in [0.5, 0.6) is 5.75 Å². The van der Waals surface area contributed by atoms with E-state index < -0.39 is 0 Å². The molecule has 1 fully saturated rings. The number of hydrogen-bond acceptors (Lipinski definition) is 4. The first-order chi connectivity index (χ1) is 9.83. The predicted molar refractivity (Wildman–Crippen MR) is 73.9 cm³/mol. The van der Waals surface area contributed by atoms with Gasteiger partial charge in [-0.05, 0) is 31.4 Å². The maximum Gasteiger partial charge on any atom is 0.343 e. The zero-order valence-electron chi connectivity index (χ0n) is 11.1. The smallest absolute Gasteiger partial charge is 0.343 e. The standard InChI is InChI=1S/C16H16O4/c17-15-12-9-10-5-3-4-8-18-16(10)20-14(12)11-6-1-2-7-13(11)19-15/h1-2,6-7,10,16H,3-5,8-9H2/t10-,16-/m1/s1. The van der Waals surface area contributed by atoms with E-state index in [1.165, 1.54) is 0 Å². The van der Waals surface area contributed by atoms with Crippen LogP contribution in [0.25, 0.3) is 11.0 Å². The Hall–Kier alpha value is -1.81. The maximum atomic E-state index is 12.2. The Labute approximate surface area is 116 Å². The van der Waals surface area contributed by atoms with Crippen LogP contribution in [0.1, 0.15) is 24.8 Å². The van der Waals surface area contributed by atoms with Crippen LogP contribution < -0.4 is 10.4 Å². The lowest BCUT2D eigenvalue weighted by molar-refractivity contribution is -0.115. The van der Waals surface area contributed by atoms with Crippen molar-refractivity contribution >= 4 is 11.0 Å². The number of fused-ring (bicyclic) bond motifs is 4. The zero-order valence-corrected chi connectivity index (χ0v) is 11.1. The van der Waals surface area contributed by atoms with Crippen molar-refractivity contribution in [3.63, 3.8) is 0 Å². The maximum absolute atomic E-state index is 12.2. The fraction of sp³-hybridized carbons (Fsp3) is 0.438. The molecule has 4 nitrogen and oxygen atoms in total. The highest BCUT2D eigenvalue weighted by Crippen LogP contribution is 2.38. The topological polar surface area (TPSA) is 48.7 Å². The van der Waals surface area contributed by atoms with Gasteiger partial charge in [-0.15, -0.1) is 0 Å². The van der Waals surface area contributed by atoms with Gasteiger partial charge in [0.1, 0.15) is 11.3 Å². The molecule has 1 aromatic heterocycles. The van der Waals surface area contributed by atoms with E-state index in [2.05, 4.69) is 0 Å². The molecule has 1 saturated heterocycles. The minimum absolute atomic E-state index is 0.227. The summed E-state index contributed by atoms with van der Waals surface area (Å²) < 4.78 is 17.2. The zero-order chi connectivity index (χ0) is 13.5. The molecule has 4 rings (SSSR count). The first-order valence-corrected chi connectivity index (χ1v) is 7.16. The molecule has 0 aliphatic carbocycles. The molecular weight excluding hydrogens is 256 g/mol. The highest BCUT2D eigenvalue weighted by molar-refractivity contribution is 5.84. The van der Waals surface area contributed by atoms with Gasteiger partial charge in [-0.25, -0.2) is 4.79 Å². The molecule has 0 unspecified atom stereocenters. The van der Waals surface area contributed by atoms with Gasteiger partial charge in [-0.1, -0.05) is 18.6 Å². The molecule has 104 valence electrons. The van der Waals surface area contributed by atoms with Crippen LogP contribution in [0.4, 0.5) is 0 Å². The number of ether oxygens (including phenoxy) is 2. The van der Waals surface area contributed by atoms with Gasteiger partial charge in [0, 0.05) is 5.92 Å². The van der Waals surface area contributed by atoms with Gasteiger partial charge in [0.25, 0.3) is 0 Å². The first kappa shape index (κ1) is 12.0. The summed E-state index contributed by atoms with van der Waals surface area (Å²) >= 11 is 0. The number of para-hydroxylation sites is 1. The summed E-state index contributed by atoms with van der Waals surface area (Å²) in [7, 11) is 0. The second kappa shape index (κ2) is 4.63. The Morgan fingerprint density at radius 1 is 1.15 bits per heavy atom. The molecule has 0 saturated carbocycles. The van der Waals surface area contributed by atoms with Crippen LogP contribution in [0.2, 0.25) is 0 Å². The molecule has 2 aliphatic heterocycles. The van der Waals surface area contributed by atoms with E-state index >= 15 is 0 Å². The summed E-state index contributed by atoms with van der Waals surface area (Å²) in [5, 5.41) is 0.855. The Bertz CT molecular complexity index is 703. The number of hydrogen-bond donors (Lipinski definition) is 0. The minimum Gasteiger partial charge on any atom is -0.463 e. The van der Waals surface area contributed by atoms with Gasteiger partial charge < -0.3 is 13.9 Å². The largest absolute Gasteiger partial charge is 0.463 e. The Balaban J connectivity index is 1.88. The fourth-order valence-electron chi connectivity index (χ4n) is 3.16. The average molecular weight is 272 g/mol. The SMILES string of the molecule is O=c1oc2ccccc2c2c1C[C@H]1CCCCO[C@@H]1O2. The van der Waals surface area contributed by atoms with Crippen LogP contribution in [0.15, 0.2) is 33.5 Å². The number of rotatable bonds is 0. The predicted octanol–water partition coefficient (Wildman–Crippen LogP) is 2.87. The van der Waals surface area contributed by atoms with E-state index in [0.29, 0.717) is 23.3 Å². The van der Waals surface area contributed by atoms with Crippen molar-refractivity contribution in [2.45, 2.75) is 32.0 Å². The van der Waals surface area contributed by atoms with Crippen molar-refractivity contribution in [2.24, 2.45) is 5.92 Å². The summed E-state index contributed by atoms with van der Waals surface area (Å²) in [6, 6.07) is 7.49. The van der Waals surface area contributed by atoms with Crippen LogP contribution in [-0.2, 0) is 11.2 Å². The third kappa shape index (κ3) is 1.83. The molecule has 2 aliphatic rings. The molecule has 2 atom stereocenters. The highest BCUT2D eigenvalue weighted by atomic mass is 16.7. The van der Waals surface area contributed by atoms with Gasteiger partial charge in [0.05, 0.1) is 17.6 Å². The molecule has 0 spiro atoms. The van der Waals surface area contributed by atoms with E-state index in [-0.39, 0.29) is 17.8 Å². The average Bonchev–Trinajstić information content (AvgIpc) is 2.70. The first-order valence-electron chi connectivity index (χ1n) is 7.16. The van der Waals surface area contributed by atoms with E-state index in [1.54, 1.807) is 6.07 Å².